The number of carbonyl (C=O) groups excluding carboxylic acids is 2. The summed E-state index contributed by atoms with van der Waals surface area (Å²) in [5, 5.41) is 14.0. The smallest absolute Gasteiger partial charge is 0.341 e. The van der Waals surface area contributed by atoms with E-state index in [1.165, 1.54) is 36.7 Å². The molecule has 0 bridgehead atoms. The van der Waals surface area contributed by atoms with Gasteiger partial charge in [0.05, 0.1) is 17.6 Å². The molecule has 2 aromatic rings. The predicted molar refractivity (Wildman–Crippen MR) is 108 cm³/mol. The van der Waals surface area contributed by atoms with Crippen molar-refractivity contribution in [3.8, 4) is 0 Å². The normalized spacial score (nSPS) is 13.6. The van der Waals surface area contributed by atoms with Crippen LogP contribution < -0.4 is 5.32 Å². The van der Waals surface area contributed by atoms with Crippen molar-refractivity contribution in [1.82, 2.24) is 0 Å². The summed E-state index contributed by atoms with van der Waals surface area (Å²) in [5.41, 5.74) is 2.10. The summed E-state index contributed by atoms with van der Waals surface area (Å²) in [4.78, 5) is 36.0. The highest BCUT2D eigenvalue weighted by molar-refractivity contribution is 7.17. The zero-order valence-corrected chi connectivity index (χ0v) is 16.2. The van der Waals surface area contributed by atoms with Crippen LogP contribution in [-0.2, 0) is 22.4 Å². The molecule has 8 heteroatoms. The minimum Gasteiger partial charge on any atom is -0.465 e. The van der Waals surface area contributed by atoms with Crippen LogP contribution in [0.5, 0.6) is 0 Å². The molecule has 1 amide bonds. The third-order valence-corrected chi connectivity index (χ3v) is 5.79. The van der Waals surface area contributed by atoms with Crippen molar-refractivity contribution in [3.05, 3.63) is 62.0 Å². The maximum atomic E-state index is 12.4. The van der Waals surface area contributed by atoms with Gasteiger partial charge in [0, 0.05) is 23.1 Å². The van der Waals surface area contributed by atoms with Crippen LogP contribution in [0.2, 0.25) is 0 Å². The van der Waals surface area contributed by atoms with Gasteiger partial charge < -0.3 is 10.1 Å². The standard InChI is InChI=1S/C20H20N2O5S/c1-27-20(24)18-15-5-3-2-4-6-16(15)28-19(18)21-17(23)12-9-13-7-10-14(11-8-13)22(25)26/h7-12H,2-6H2,1H3,(H,21,23)/b12-9+. The number of benzene rings is 1. The first kappa shape index (κ1) is 19.8. The number of rotatable bonds is 5. The predicted octanol–water partition coefficient (Wildman–Crippen LogP) is 4.36. The van der Waals surface area contributed by atoms with Gasteiger partial charge in [0.25, 0.3) is 5.69 Å². The Balaban J connectivity index is 1.78. The van der Waals surface area contributed by atoms with Crippen LogP contribution in [0.4, 0.5) is 10.7 Å². The zero-order valence-electron chi connectivity index (χ0n) is 15.4. The van der Waals surface area contributed by atoms with E-state index in [0.717, 1.165) is 42.5 Å². The average Bonchev–Trinajstić information content (AvgIpc) is 2.86. The molecule has 0 fully saturated rings. The van der Waals surface area contributed by atoms with Gasteiger partial charge in [-0.15, -0.1) is 11.3 Å². The minimum absolute atomic E-state index is 0.00981. The number of non-ortho nitro benzene ring substituents is 1. The number of hydrogen-bond donors (Lipinski definition) is 1. The Morgan fingerprint density at radius 2 is 1.89 bits per heavy atom. The number of nitro groups is 1. The van der Waals surface area contributed by atoms with Crippen LogP contribution in [0.1, 0.15) is 45.6 Å². The molecule has 7 nitrogen and oxygen atoms in total. The summed E-state index contributed by atoms with van der Waals surface area (Å²) in [7, 11) is 1.34. The highest BCUT2D eigenvalue weighted by atomic mass is 32.1. The molecular weight excluding hydrogens is 380 g/mol. The summed E-state index contributed by atoms with van der Waals surface area (Å²) in [6, 6.07) is 5.89. The number of amides is 1. The topological polar surface area (TPSA) is 98.5 Å². The molecule has 1 aromatic carbocycles. The summed E-state index contributed by atoms with van der Waals surface area (Å²) in [6.45, 7) is 0. The summed E-state index contributed by atoms with van der Waals surface area (Å²) >= 11 is 1.43. The van der Waals surface area contributed by atoms with Gasteiger partial charge in [-0.05, 0) is 55.0 Å². The Kier molecular flexibility index (Phi) is 6.20. The van der Waals surface area contributed by atoms with E-state index in [2.05, 4.69) is 5.32 Å². The minimum atomic E-state index is -0.477. The Morgan fingerprint density at radius 3 is 2.57 bits per heavy atom. The molecule has 0 unspecified atom stereocenters. The van der Waals surface area contributed by atoms with Gasteiger partial charge in [-0.25, -0.2) is 4.79 Å². The van der Waals surface area contributed by atoms with Gasteiger partial charge in [-0.2, -0.15) is 0 Å². The van der Waals surface area contributed by atoms with E-state index in [1.807, 2.05) is 0 Å². The van der Waals surface area contributed by atoms with Crippen LogP contribution in [-0.4, -0.2) is 23.9 Å². The third-order valence-electron chi connectivity index (χ3n) is 4.58. The molecule has 3 rings (SSSR count). The lowest BCUT2D eigenvalue weighted by Crippen LogP contribution is -2.12. The van der Waals surface area contributed by atoms with Gasteiger partial charge in [0.1, 0.15) is 5.00 Å². The quantitative estimate of drug-likeness (QED) is 0.264. The molecule has 0 aliphatic heterocycles. The molecule has 1 N–H and O–H groups in total. The number of fused-ring (bicyclic) bond motifs is 1. The first-order chi connectivity index (χ1) is 13.5. The SMILES string of the molecule is COC(=O)c1c(NC(=O)/C=C/c2ccc([N+](=O)[O-])cc2)sc2c1CCCCC2. The number of anilines is 1. The number of thiophene rings is 1. The van der Waals surface area contributed by atoms with Crippen molar-refractivity contribution in [1.29, 1.82) is 0 Å². The lowest BCUT2D eigenvalue weighted by Gasteiger charge is -2.06. The second kappa shape index (κ2) is 8.79. The molecule has 0 spiro atoms. The van der Waals surface area contributed by atoms with Crippen molar-refractivity contribution < 1.29 is 19.2 Å². The van der Waals surface area contributed by atoms with Crippen molar-refractivity contribution in [3.63, 3.8) is 0 Å². The molecule has 28 heavy (non-hydrogen) atoms. The van der Waals surface area contributed by atoms with Crippen molar-refractivity contribution in [2.45, 2.75) is 32.1 Å². The molecule has 0 atom stereocenters. The number of aryl methyl sites for hydroxylation is 1. The van der Waals surface area contributed by atoms with Crippen molar-refractivity contribution >= 4 is 40.0 Å². The molecule has 0 radical (unpaired) electrons. The number of methoxy groups -OCH3 is 1. The largest absolute Gasteiger partial charge is 0.465 e. The third kappa shape index (κ3) is 4.45. The molecule has 0 saturated carbocycles. The Hall–Kier alpha value is -3.00. The number of ether oxygens (including phenoxy) is 1. The lowest BCUT2D eigenvalue weighted by atomic mass is 10.1. The average molecular weight is 400 g/mol. The number of nitrogens with zero attached hydrogens (tertiary/aromatic N) is 1. The second-order valence-corrected chi connectivity index (χ2v) is 7.54. The van der Waals surface area contributed by atoms with E-state index in [4.69, 9.17) is 4.74 Å². The molecule has 1 aromatic heterocycles. The summed E-state index contributed by atoms with van der Waals surface area (Å²) in [5.74, 6) is -0.811. The Morgan fingerprint density at radius 1 is 1.18 bits per heavy atom. The second-order valence-electron chi connectivity index (χ2n) is 6.43. The van der Waals surface area contributed by atoms with E-state index in [-0.39, 0.29) is 11.6 Å². The first-order valence-corrected chi connectivity index (χ1v) is 9.77. The van der Waals surface area contributed by atoms with Gasteiger partial charge in [0.2, 0.25) is 5.91 Å². The Bertz CT molecular complexity index is 931. The highest BCUT2D eigenvalue weighted by Crippen LogP contribution is 2.37. The van der Waals surface area contributed by atoms with Gasteiger partial charge in [-0.3, -0.25) is 14.9 Å². The monoisotopic (exact) mass is 400 g/mol. The fourth-order valence-electron chi connectivity index (χ4n) is 3.18. The number of esters is 1. The Labute approximate surface area is 166 Å². The van der Waals surface area contributed by atoms with E-state index in [9.17, 15) is 19.7 Å². The molecule has 1 aliphatic rings. The van der Waals surface area contributed by atoms with Gasteiger partial charge >= 0.3 is 5.97 Å². The van der Waals surface area contributed by atoms with E-state index >= 15 is 0 Å². The van der Waals surface area contributed by atoms with Gasteiger partial charge in [0.15, 0.2) is 0 Å². The van der Waals surface area contributed by atoms with E-state index < -0.39 is 10.9 Å². The highest BCUT2D eigenvalue weighted by Gasteiger charge is 2.25. The van der Waals surface area contributed by atoms with Crippen LogP contribution in [0.25, 0.3) is 6.08 Å². The van der Waals surface area contributed by atoms with Gasteiger partial charge in [-0.1, -0.05) is 6.42 Å². The molecular formula is C20H20N2O5S. The first-order valence-electron chi connectivity index (χ1n) is 8.96. The number of hydrogen-bond acceptors (Lipinski definition) is 6. The zero-order chi connectivity index (χ0) is 20.1. The fourth-order valence-corrected chi connectivity index (χ4v) is 4.46. The van der Waals surface area contributed by atoms with Crippen LogP contribution in [0, 0.1) is 10.1 Å². The lowest BCUT2D eigenvalue weighted by molar-refractivity contribution is -0.384. The van der Waals surface area contributed by atoms with E-state index in [0.29, 0.717) is 16.1 Å². The molecule has 1 aliphatic carbocycles. The molecule has 146 valence electrons. The number of carbonyl (C=O) groups is 2. The van der Waals surface area contributed by atoms with Crippen molar-refractivity contribution in [2.75, 3.05) is 12.4 Å². The number of nitro benzene ring substituents is 1. The number of nitrogens with one attached hydrogen (secondary N) is 1. The van der Waals surface area contributed by atoms with Crippen molar-refractivity contribution in [2.24, 2.45) is 0 Å². The fraction of sp³-hybridized carbons (Fsp3) is 0.300. The molecule has 1 heterocycles. The van der Waals surface area contributed by atoms with Crippen LogP contribution in [0.15, 0.2) is 30.3 Å². The summed E-state index contributed by atoms with van der Waals surface area (Å²) in [6.07, 6.45) is 7.83. The maximum absolute atomic E-state index is 12.4. The van der Waals surface area contributed by atoms with E-state index in [1.54, 1.807) is 18.2 Å². The molecule has 0 saturated heterocycles. The maximum Gasteiger partial charge on any atom is 0.341 e. The summed E-state index contributed by atoms with van der Waals surface area (Å²) < 4.78 is 4.93. The van der Waals surface area contributed by atoms with Crippen LogP contribution >= 0.6 is 11.3 Å². The van der Waals surface area contributed by atoms with Crippen LogP contribution in [0.3, 0.4) is 0 Å².